The Morgan fingerprint density at radius 1 is 0.720 bits per heavy atom. The molecule has 0 N–H and O–H groups in total. The van der Waals surface area contributed by atoms with Crippen molar-refractivity contribution in [1.82, 2.24) is 19.6 Å². The van der Waals surface area contributed by atoms with Gasteiger partial charge in [-0.25, -0.2) is 4.79 Å². The van der Waals surface area contributed by atoms with Gasteiger partial charge in [-0.05, 0) is 32.6 Å². The molecule has 7 nitrogen and oxygen atoms in total. The minimum atomic E-state index is 0.0356. The highest BCUT2D eigenvalue weighted by molar-refractivity contribution is 5.84. The summed E-state index contributed by atoms with van der Waals surface area (Å²) in [6.07, 6.45) is 4.89. The Morgan fingerprint density at radius 3 is 1.88 bits per heavy atom. The van der Waals surface area contributed by atoms with Gasteiger partial charge in [0.25, 0.3) is 0 Å². The van der Waals surface area contributed by atoms with Crippen LogP contribution in [0.5, 0.6) is 0 Å². The molecule has 3 rings (SSSR count). The van der Waals surface area contributed by atoms with Crippen LogP contribution in [0.2, 0.25) is 0 Å². The van der Waals surface area contributed by atoms with Crippen LogP contribution in [-0.4, -0.2) is 89.3 Å². The number of hydrogen-bond donors (Lipinski definition) is 0. The van der Waals surface area contributed by atoms with Crippen molar-refractivity contribution in [2.75, 3.05) is 45.8 Å². The quantitative estimate of drug-likeness (QED) is 0.767. The number of piperazine rings is 1. The maximum atomic E-state index is 12.4. The summed E-state index contributed by atoms with van der Waals surface area (Å²) >= 11 is 0. The van der Waals surface area contributed by atoms with Gasteiger partial charge in [0, 0.05) is 64.7 Å². The van der Waals surface area contributed by atoms with Gasteiger partial charge in [-0.3, -0.25) is 9.59 Å². The lowest BCUT2D eigenvalue weighted by Crippen LogP contribution is -2.53. The fraction of sp³-hybridized carbons (Fsp3) is 0.833. The molecule has 1 atom stereocenters. The number of carbonyl (C=O) groups is 3. The second-order valence-electron chi connectivity index (χ2n) is 7.42. The average Bonchev–Trinajstić information content (AvgIpc) is 3.30. The van der Waals surface area contributed by atoms with Crippen molar-refractivity contribution >= 4 is 17.8 Å². The lowest BCUT2D eigenvalue weighted by atomic mass is 10.2. The van der Waals surface area contributed by atoms with Gasteiger partial charge in [0.1, 0.15) is 0 Å². The maximum absolute atomic E-state index is 12.4. The first-order valence-electron chi connectivity index (χ1n) is 9.67. The van der Waals surface area contributed by atoms with Gasteiger partial charge >= 0.3 is 6.03 Å². The number of urea groups is 1. The van der Waals surface area contributed by atoms with E-state index in [1.54, 1.807) is 4.90 Å². The normalized spacial score (nSPS) is 24.1. The number of nitrogens with zero attached hydrogens (tertiary/aromatic N) is 4. The van der Waals surface area contributed by atoms with Crippen LogP contribution in [0.3, 0.4) is 0 Å². The van der Waals surface area contributed by atoms with Gasteiger partial charge < -0.3 is 19.6 Å². The average molecular weight is 350 g/mol. The highest BCUT2D eigenvalue weighted by Crippen LogP contribution is 2.18. The summed E-state index contributed by atoms with van der Waals surface area (Å²) in [5, 5.41) is 0. The van der Waals surface area contributed by atoms with Gasteiger partial charge in [-0.2, -0.15) is 0 Å². The molecular weight excluding hydrogens is 320 g/mol. The minimum Gasteiger partial charge on any atom is -0.340 e. The molecule has 4 amide bonds. The van der Waals surface area contributed by atoms with Crippen molar-refractivity contribution in [3.63, 3.8) is 0 Å². The van der Waals surface area contributed by atoms with Gasteiger partial charge in [-0.1, -0.05) is 0 Å². The van der Waals surface area contributed by atoms with E-state index in [1.807, 2.05) is 14.7 Å². The molecule has 7 heteroatoms. The number of likely N-dealkylation sites (tertiary alicyclic amines) is 2. The van der Waals surface area contributed by atoms with Crippen LogP contribution in [-0.2, 0) is 9.59 Å². The van der Waals surface area contributed by atoms with E-state index < -0.39 is 0 Å². The standard InChI is InChI=1S/C18H30N4O3/c1-15-5-4-10-22(15)17(24)7-6-16(23)19-11-13-21(14-12-19)18(25)20-8-2-3-9-20/h15H,2-14H2,1H3/t15-/m1/s1. The second kappa shape index (κ2) is 8.06. The third kappa shape index (κ3) is 4.25. The van der Waals surface area contributed by atoms with Crippen LogP contribution in [0.25, 0.3) is 0 Å². The summed E-state index contributed by atoms with van der Waals surface area (Å²) in [6, 6.07) is 0.422. The number of amides is 4. The molecule has 0 aromatic rings. The van der Waals surface area contributed by atoms with Crippen molar-refractivity contribution in [3.05, 3.63) is 0 Å². The first-order chi connectivity index (χ1) is 12.1. The molecule has 0 saturated carbocycles. The third-order valence-electron chi connectivity index (χ3n) is 5.71. The van der Waals surface area contributed by atoms with Crippen molar-refractivity contribution in [2.24, 2.45) is 0 Å². The predicted octanol–water partition coefficient (Wildman–Crippen LogP) is 1.14. The summed E-state index contributed by atoms with van der Waals surface area (Å²) in [5.74, 6) is 0.134. The fourth-order valence-corrected chi connectivity index (χ4v) is 4.07. The summed E-state index contributed by atoms with van der Waals surface area (Å²) in [7, 11) is 0. The van der Waals surface area contributed by atoms with Gasteiger partial charge in [0.2, 0.25) is 11.8 Å². The van der Waals surface area contributed by atoms with E-state index in [2.05, 4.69) is 6.92 Å². The predicted molar refractivity (Wildman–Crippen MR) is 94.0 cm³/mol. The molecule has 140 valence electrons. The molecule has 3 saturated heterocycles. The lowest BCUT2D eigenvalue weighted by Gasteiger charge is -2.36. The molecule has 0 unspecified atom stereocenters. The zero-order valence-corrected chi connectivity index (χ0v) is 15.3. The molecule has 3 fully saturated rings. The summed E-state index contributed by atoms with van der Waals surface area (Å²) in [5.41, 5.74) is 0. The highest BCUT2D eigenvalue weighted by atomic mass is 16.2. The SMILES string of the molecule is C[C@@H]1CCCN1C(=O)CCC(=O)N1CCN(C(=O)N2CCCC2)CC1. The molecular formula is C18H30N4O3. The Morgan fingerprint density at radius 2 is 1.28 bits per heavy atom. The zero-order valence-electron chi connectivity index (χ0n) is 15.3. The fourth-order valence-electron chi connectivity index (χ4n) is 4.07. The highest BCUT2D eigenvalue weighted by Gasteiger charge is 2.29. The first kappa shape index (κ1) is 18.0. The van der Waals surface area contributed by atoms with Crippen LogP contribution < -0.4 is 0 Å². The van der Waals surface area contributed by atoms with E-state index in [9.17, 15) is 14.4 Å². The Kier molecular flexibility index (Phi) is 5.81. The van der Waals surface area contributed by atoms with Crippen LogP contribution in [0.15, 0.2) is 0 Å². The Labute approximate surface area is 149 Å². The van der Waals surface area contributed by atoms with Gasteiger partial charge in [-0.15, -0.1) is 0 Å². The monoisotopic (exact) mass is 350 g/mol. The van der Waals surface area contributed by atoms with E-state index >= 15 is 0 Å². The summed E-state index contributed by atoms with van der Waals surface area (Å²) in [4.78, 5) is 44.4. The molecule has 0 aromatic carbocycles. The number of rotatable bonds is 3. The van der Waals surface area contributed by atoms with Crippen molar-refractivity contribution in [2.45, 2.75) is 51.5 Å². The summed E-state index contributed by atoms with van der Waals surface area (Å²) < 4.78 is 0. The molecule has 0 aliphatic carbocycles. The molecule has 0 bridgehead atoms. The van der Waals surface area contributed by atoms with Crippen molar-refractivity contribution in [1.29, 1.82) is 0 Å². The zero-order chi connectivity index (χ0) is 17.8. The molecule has 3 aliphatic heterocycles. The van der Waals surface area contributed by atoms with E-state index in [4.69, 9.17) is 0 Å². The van der Waals surface area contributed by atoms with Gasteiger partial charge in [0.05, 0.1) is 0 Å². The molecule has 3 heterocycles. The summed E-state index contributed by atoms with van der Waals surface area (Å²) in [6.45, 7) is 6.95. The van der Waals surface area contributed by atoms with E-state index in [0.717, 1.165) is 45.3 Å². The van der Waals surface area contributed by atoms with Crippen LogP contribution in [0.4, 0.5) is 4.79 Å². The largest absolute Gasteiger partial charge is 0.340 e. The Bertz CT molecular complexity index is 510. The van der Waals surface area contributed by atoms with E-state index in [-0.39, 0.29) is 24.3 Å². The van der Waals surface area contributed by atoms with Crippen LogP contribution >= 0.6 is 0 Å². The minimum absolute atomic E-state index is 0.0356. The Hall–Kier alpha value is -1.79. The molecule has 0 aromatic heterocycles. The van der Waals surface area contributed by atoms with Crippen molar-refractivity contribution in [3.8, 4) is 0 Å². The van der Waals surface area contributed by atoms with Crippen LogP contribution in [0, 0.1) is 0 Å². The third-order valence-corrected chi connectivity index (χ3v) is 5.71. The lowest BCUT2D eigenvalue weighted by molar-refractivity contribution is -0.138. The maximum Gasteiger partial charge on any atom is 0.320 e. The molecule has 3 aliphatic rings. The second-order valence-corrected chi connectivity index (χ2v) is 7.42. The van der Waals surface area contributed by atoms with Crippen LogP contribution in [0.1, 0.15) is 45.4 Å². The number of carbonyl (C=O) groups excluding carboxylic acids is 3. The van der Waals surface area contributed by atoms with E-state index in [0.29, 0.717) is 38.6 Å². The molecule has 0 spiro atoms. The van der Waals surface area contributed by atoms with E-state index in [1.165, 1.54) is 0 Å². The van der Waals surface area contributed by atoms with Crippen molar-refractivity contribution < 1.29 is 14.4 Å². The number of hydrogen-bond acceptors (Lipinski definition) is 3. The first-order valence-corrected chi connectivity index (χ1v) is 9.67. The molecule has 25 heavy (non-hydrogen) atoms. The smallest absolute Gasteiger partial charge is 0.320 e. The topological polar surface area (TPSA) is 64.2 Å². The Balaban J connectivity index is 1.39. The van der Waals surface area contributed by atoms with Gasteiger partial charge in [0.15, 0.2) is 0 Å². The molecule has 0 radical (unpaired) electrons.